The number of urea groups is 1. The largest absolute Gasteiger partial charge is 0.387 e. The van der Waals surface area contributed by atoms with Gasteiger partial charge in [-0.2, -0.15) is 4.99 Å². The number of hydrogen-bond donors (Lipinski definition) is 2. The van der Waals surface area contributed by atoms with Crippen molar-refractivity contribution in [1.82, 2.24) is 9.88 Å². The summed E-state index contributed by atoms with van der Waals surface area (Å²) in [5.74, 6) is 1.58. The summed E-state index contributed by atoms with van der Waals surface area (Å²) in [6.07, 6.45) is 13.9. The number of piperidine rings is 1. The third kappa shape index (κ3) is 5.36. The lowest BCUT2D eigenvalue weighted by Gasteiger charge is -2.33. The number of rotatable bonds is 5. The number of amidine groups is 1. The van der Waals surface area contributed by atoms with Crippen LogP contribution in [0.25, 0.3) is 10.8 Å². The Morgan fingerprint density at radius 3 is 2.73 bits per heavy atom. The number of likely N-dealkylation sites (tertiary alicyclic amines) is 1. The summed E-state index contributed by atoms with van der Waals surface area (Å²) in [7, 11) is 0. The first-order valence-electron chi connectivity index (χ1n) is 11.4. The molecule has 2 amide bonds. The Kier molecular flexibility index (Phi) is 6.95. The van der Waals surface area contributed by atoms with Crippen molar-refractivity contribution in [3.05, 3.63) is 36.7 Å². The first-order chi connectivity index (χ1) is 14.7. The van der Waals surface area contributed by atoms with E-state index >= 15 is 0 Å². The van der Waals surface area contributed by atoms with Crippen molar-refractivity contribution in [2.24, 2.45) is 22.6 Å². The lowest BCUT2D eigenvalue weighted by molar-refractivity contribution is 0.186. The van der Waals surface area contributed by atoms with Crippen LogP contribution >= 0.6 is 0 Å². The zero-order valence-corrected chi connectivity index (χ0v) is 17.7. The molecule has 0 unspecified atom stereocenters. The Hall–Kier alpha value is -2.47. The molecule has 0 spiro atoms. The highest BCUT2D eigenvalue weighted by Crippen LogP contribution is 2.27. The molecule has 2 aromatic rings. The van der Waals surface area contributed by atoms with E-state index in [0.29, 0.717) is 5.84 Å². The predicted molar refractivity (Wildman–Crippen MR) is 123 cm³/mol. The average Bonchev–Trinajstić information content (AvgIpc) is 2.79. The molecule has 1 aromatic heterocycles. The van der Waals surface area contributed by atoms with Gasteiger partial charge in [-0.15, -0.1) is 0 Å². The van der Waals surface area contributed by atoms with E-state index in [2.05, 4.69) is 20.2 Å². The summed E-state index contributed by atoms with van der Waals surface area (Å²) in [6, 6.07) is 7.22. The van der Waals surface area contributed by atoms with Gasteiger partial charge in [0.05, 0.1) is 5.69 Å². The Morgan fingerprint density at radius 2 is 1.93 bits per heavy atom. The van der Waals surface area contributed by atoms with Crippen molar-refractivity contribution in [2.45, 2.75) is 51.4 Å². The molecule has 4 rings (SSSR count). The number of nitrogens with one attached hydrogen (secondary N) is 1. The van der Waals surface area contributed by atoms with Crippen molar-refractivity contribution >= 4 is 28.3 Å². The Morgan fingerprint density at radius 1 is 1.13 bits per heavy atom. The monoisotopic (exact) mass is 407 g/mol. The van der Waals surface area contributed by atoms with Gasteiger partial charge in [-0.25, -0.2) is 4.79 Å². The lowest BCUT2D eigenvalue weighted by atomic mass is 9.86. The smallest absolute Gasteiger partial charge is 0.347 e. The fourth-order valence-electron chi connectivity index (χ4n) is 4.88. The molecule has 1 aliphatic carbocycles. The fraction of sp³-hybridized carbons (Fsp3) is 0.542. The van der Waals surface area contributed by atoms with Crippen LogP contribution in [-0.4, -0.2) is 41.4 Å². The van der Waals surface area contributed by atoms with E-state index in [1.54, 1.807) is 12.4 Å². The van der Waals surface area contributed by atoms with Gasteiger partial charge in [0.15, 0.2) is 0 Å². The van der Waals surface area contributed by atoms with Crippen molar-refractivity contribution < 1.29 is 4.79 Å². The van der Waals surface area contributed by atoms with Crippen molar-refractivity contribution in [1.29, 1.82) is 0 Å². The highest BCUT2D eigenvalue weighted by Gasteiger charge is 2.23. The first-order valence-corrected chi connectivity index (χ1v) is 11.4. The molecule has 1 aromatic carbocycles. The number of fused-ring (bicyclic) bond motifs is 1. The third-order valence-electron chi connectivity index (χ3n) is 6.74. The topological polar surface area (TPSA) is 83.6 Å². The Labute approximate surface area is 179 Å². The van der Waals surface area contributed by atoms with Crippen LogP contribution in [0.15, 0.2) is 41.7 Å². The molecule has 6 nitrogen and oxygen atoms in total. The molecule has 3 N–H and O–H groups in total. The number of amides is 2. The van der Waals surface area contributed by atoms with Crippen LogP contribution < -0.4 is 11.1 Å². The number of hydrogen-bond acceptors (Lipinski definition) is 3. The number of aliphatic imine (C=N–C) groups is 1. The van der Waals surface area contributed by atoms with Crippen molar-refractivity contribution in [3.8, 4) is 0 Å². The van der Waals surface area contributed by atoms with E-state index in [9.17, 15) is 4.79 Å². The number of aromatic nitrogens is 1. The highest BCUT2D eigenvalue weighted by molar-refractivity contribution is 6.05. The minimum atomic E-state index is -0.406. The van der Waals surface area contributed by atoms with Gasteiger partial charge < -0.3 is 16.0 Å². The number of carbonyl (C=O) groups excluding carboxylic acids is 1. The second-order valence-electron chi connectivity index (χ2n) is 8.78. The first kappa shape index (κ1) is 20.8. The number of nitrogens with zero attached hydrogens (tertiary/aromatic N) is 3. The summed E-state index contributed by atoms with van der Waals surface area (Å²) in [6.45, 7) is 3.29. The Bertz CT molecular complexity index is 877. The van der Waals surface area contributed by atoms with E-state index in [-0.39, 0.29) is 5.92 Å². The number of nitrogens with two attached hydrogens (primary N) is 1. The molecule has 0 atom stereocenters. The molecular formula is C24H33N5O. The highest BCUT2D eigenvalue weighted by atomic mass is 16.2. The molecular weight excluding hydrogens is 374 g/mol. The van der Waals surface area contributed by atoms with E-state index in [1.807, 2.05) is 24.3 Å². The molecule has 0 radical (unpaired) electrons. The molecule has 6 heteroatoms. The van der Waals surface area contributed by atoms with E-state index in [0.717, 1.165) is 48.3 Å². The predicted octanol–water partition coefficient (Wildman–Crippen LogP) is 4.81. The number of pyridine rings is 1. The Balaban J connectivity index is 1.27. The van der Waals surface area contributed by atoms with Crippen molar-refractivity contribution in [3.63, 3.8) is 0 Å². The second kappa shape index (κ2) is 10.0. The average molecular weight is 408 g/mol. The minimum Gasteiger partial charge on any atom is -0.387 e. The maximum absolute atomic E-state index is 12.4. The SMILES string of the molecule is N/C(=N\C(=O)Nc1cccc2cnccc12)C1CCN(CCC2CCCCC2)CC1. The zero-order chi connectivity index (χ0) is 20.8. The van der Waals surface area contributed by atoms with Crippen LogP contribution in [0.3, 0.4) is 0 Å². The third-order valence-corrected chi connectivity index (χ3v) is 6.74. The number of benzene rings is 1. The van der Waals surface area contributed by atoms with Gasteiger partial charge in [0.1, 0.15) is 5.84 Å². The summed E-state index contributed by atoms with van der Waals surface area (Å²) in [5, 5.41) is 4.80. The lowest BCUT2D eigenvalue weighted by Crippen LogP contribution is -2.40. The number of anilines is 1. The summed E-state index contributed by atoms with van der Waals surface area (Å²) < 4.78 is 0. The quantitative estimate of drug-likeness (QED) is 0.550. The molecule has 1 aliphatic heterocycles. The van der Waals surface area contributed by atoms with Crippen LogP contribution in [0.1, 0.15) is 51.4 Å². The summed E-state index contributed by atoms with van der Waals surface area (Å²) in [5.41, 5.74) is 6.94. The van der Waals surface area contributed by atoms with Crippen LogP contribution in [0.2, 0.25) is 0 Å². The molecule has 1 saturated carbocycles. The molecule has 1 saturated heterocycles. The van der Waals surface area contributed by atoms with Crippen molar-refractivity contribution in [2.75, 3.05) is 25.0 Å². The van der Waals surface area contributed by atoms with Gasteiger partial charge in [-0.05, 0) is 56.9 Å². The number of carbonyl (C=O) groups is 1. The molecule has 2 aliphatic rings. The van der Waals surface area contributed by atoms with Gasteiger partial charge in [0.2, 0.25) is 0 Å². The zero-order valence-electron chi connectivity index (χ0n) is 17.7. The van der Waals surface area contributed by atoms with E-state index < -0.39 is 6.03 Å². The second-order valence-corrected chi connectivity index (χ2v) is 8.78. The van der Waals surface area contributed by atoms with Gasteiger partial charge in [0.25, 0.3) is 0 Å². The molecule has 160 valence electrons. The van der Waals surface area contributed by atoms with Gasteiger partial charge >= 0.3 is 6.03 Å². The fourth-order valence-corrected chi connectivity index (χ4v) is 4.88. The summed E-state index contributed by atoms with van der Waals surface area (Å²) >= 11 is 0. The van der Waals surface area contributed by atoms with Gasteiger partial charge in [-0.1, -0.05) is 44.2 Å². The standard InChI is InChI=1S/C24H33N5O/c25-23(19-11-15-29(16-12-19)14-10-18-5-2-1-3-6-18)28-24(30)27-22-8-4-7-20-17-26-13-9-21(20)22/h4,7-9,13,17-19H,1-3,5-6,10-12,14-16H2,(H3,25,27,28,30). The van der Waals surface area contributed by atoms with E-state index in [4.69, 9.17) is 5.73 Å². The van der Waals surface area contributed by atoms with Crippen LogP contribution in [0.4, 0.5) is 10.5 Å². The molecule has 30 heavy (non-hydrogen) atoms. The van der Waals surface area contributed by atoms with Gasteiger partial charge in [0, 0.05) is 29.1 Å². The molecule has 2 heterocycles. The molecule has 2 fully saturated rings. The maximum atomic E-state index is 12.4. The maximum Gasteiger partial charge on any atom is 0.347 e. The minimum absolute atomic E-state index is 0.193. The van der Waals surface area contributed by atoms with Crippen LogP contribution in [0, 0.1) is 11.8 Å². The molecule has 0 bridgehead atoms. The normalized spacial score (nSPS) is 19.8. The van der Waals surface area contributed by atoms with E-state index in [1.165, 1.54) is 45.1 Å². The van der Waals surface area contributed by atoms with Gasteiger partial charge in [-0.3, -0.25) is 4.98 Å². The summed E-state index contributed by atoms with van der Waals surface area (Å²) in [4.78, 5) is 23.3. The van der Waals surface area contributed by atoms with Crippen LogP contribution in [-0.2, 0) is 0 Å². The van der Waals surface area contributed by atoms with Crippen LogP contribution in [0.5, 0.6) is 0 Å².